The molecule has 5 nitrogen and oxygen atoms in total. The van der Waals surface area contributed by atoms with Crippen molar-refractivity contribution >= 4 is 11.7 Å². The van der Waals surface area contributed by atoms with E-state index in [2.05, 4.69) is 36.7 Å². The molecule has 3 N–H and O–H groups in total. The fraction of sp³-hybridized carbons (Fsp3) is 0.600. The number of amidine groups is 1. The van der Waals surface area contributed by atoms with Crippen molar-refractivity contribution in [2.24, 2.45) is 5.73 Å². The van der Waals surface area contributed by atoms with Gasteiger partial charge in [-0.05, 0) is 17.0 Å². The largest absolute Gasteiger partial charge is 0.388 e. The quantitative estimate of drug-likeness (QED) is 0.592. The van der Waals surface area contributed by atoms with Gasteiger partial charge in [0.05, 0.1) is 12.4 Å². The van der Waals surface area contributed by atoms with E-state index >= 15 is 0 Å². The van der Waals surface area contributed by atoms with E-state index in [0.29, 0.717) is 19.6 Å². The fourth-order valence-corrected chi connectivity index (χ4v) is 1.81. The number of hydrogen-bond donors (Lipinski definition) is 2. The minimum Gasteiger partial charge on any atom is -0.388 e. The zero-order valence-electron chi connectivity index (χ0n) is 12.9. The monoisotopic (exact) mass is 278 g/mol. The van der Waals surface area contributed by atoms with Crippen molar-refractivity contribution in [2.75, 3.05) is 31.7 Å². The Balaban J connectivity index is 2.81. The molecular formula is C15H26N4O. The summed E-state index contributed by atoms with van der Waals surface area (Å²) < 4.78 is 5.12. The molecule has 1 aromatic heterocycles. The van der Waals surface area contributed by atoms with E-state index < -0.39 is 0 Å². The highest BCUT2D eigenvalue weighted by Crippen LogP contribution is 2.23. The molecule has 0 atom stereocenters. The first-order valence-corrected chi connectivity index (χ1v) is 6.88. The maximum Gasteiger partial charge on any atom is 0.128 e. The predicted octanol–water partition coefficient (Wildman–Crippen LogP) is 2.16. The van der Waals surface area contributed by atoms with Crippen LogP contribution in [-0.4, -0.2) is 37.6 Å². The first-order valence-electron chi connectivity index (χ1n) is 6.88. The topological polar surface area (TPSA) is 75.2 Å². The van der Waals surface area contributed by atoms with Crippen LogP contribution in [0.4, 0.5) is 5.82 Å². The summed E-state index contributed by atoms with van der Waals surface area (Å²) in [6, 6.07) is 4.13. The van der Waals surface area contributed by atoms with Gasteiger partial charge in [0.15, 0.2) is 0 Å². The molecule has 0 unspecified atom stereocenters. The number of nitrogens with zero attached hydrogens (tertiary/aromatic N) is 2. The Morgan fingerprint density at radius 1 is 1.35 bits per heavy atom. The van der Waals surface area contributed by atoms with Crippen molar-refractivity contribution in [2.45, 2.75) is 32.6 Å². The average molecular weight is 278 g/mol. The van der Waals surface area contributed by atoms with Crippen LogP contribution in [0.3, 0.4) is 0 Å². The van der Waals surface area contributed by atoms with Crippen molar-refractivity contribution in [3.63, 3.8) is 0 Å². The maximum absolute atomic E-state index is 7.34. The SMILES string of the molecule is COCCN(CCC(=N)N)c1ccc(C(C)(C)C)cn1. The molecule has 5 heteroatoms. The van der Waals surface area contributed by atoms with Crippen LogP contribution < -0.4 is 10.6 Å². The summed E-state index contributed by atoms with van der Waals surface area (Å²) in [5.41, 5.74) is 6.74. The molecule has 0 aliphatic rings. The molecule has 0 aliphatic carbocycles. The van der Waals surface area contributed by atoms with Crippen LogP contribution in [0.25, 0.3) is 0 Å². The normalized spacial score (nSPS) is 11.4. The summed E-state index contributed by atoms with van der Waals surface area (Å²) in [5, 5.41) is 7.34. The number of aromatic nitrogens is 1. The second-order valence-corrected chi connectivity index (χ2v) is 5.91. The third-order valence-corrected chi connectivity index (χ3v) is 3.15. The first kappa shape index (κ1) is 16.4. The summed E-state index contributed by atoms with van der Waals surface area (Å²) in [4.78, 5) is 6.63. The lowest BCUT2D eigenvalue weighted by Gasteiger charge is -2.25. The van der Waals surface area contributed by atoms with Gasteiger partial charge in [0.2, 0.25) is 0 Å². The van der Waals surface area contributed by atoms with E-state index in [4.69, 9.17) is 15.9 Å². The van der Waals surface area contributed by atoms with Crippen LogP contribution in [0.1, 0.15) is 32.8 Å². The van der Waals surface area contributed by atoms with E-state index in [1.807, 2.05) is 12.3 Å². The maximum atomic E-state index is 7.34. The molecule has 1 heterocycles. The van der Waals surface area contributed by atoms with Gasteiger partial charge >= 0.3 is 0 Å². The second-order valence-electron chi connectivity index (χ2n) is 5.91. The highest BCUT2D eigenvalue weighted by Gasteiger charge is 2.15. The molecular weight excluding hydrogens is 252 g/mol. The van der Waals surface area contributed by atoms with Gasteiger partial charge in [-0.25, -0.2) is 4.98 Å². The molecule has 0 amide bonds. The minimum atomic E-state index is 0.0995. The van der Waals surface area contributed by atoms with Crippen LogP contribution in [0.5, 0.6) is 0 Å². The molecule has 0 spiro atoms. The van der Waals surface area contributed by atoms with E-state index in [1.54, 1.807) is 7.11 Å². The minimum absolute atomic E-state index is 0.0995. The number of hydrogen-bond acceptors (Lipinski definition) is 4. The lowest BCUT2D eigenvalue weighted by molar-refractivity contribution is 0.205. The van der Waals surface area contributed by atoms with Crippen molar-refractivity contribution in [3.05, 3.63) is 23.9 Å². The third kappa shape index (κ3) is 5.17. The number of nitrogens with two attached hydrogens (primary N) is 1. The molecule has 0 saturated carbocycles. The summed E-state index contributed by atoms with van der Waals surface area (Å²) in [5.74, 6) is 1.09. The van der Waals surface area contributed by atoms with Crippen LogP contribution in [0, 0.1) is 5.41 Å². The van der Waals surface area contributed by atoms with E-state index in [0.717, 1.165) is 12.4 Å². The Bertz CT molecular complexity index is 422. The zero-order chi connectivity index (χ0) is 15.2. The third-order valence-electron chi connectivity index (χ3n) is 3.15. The first-order chi connectivity index (χ1) is 9.34. The van der Waals surface area contributed by atoms with Gasteiger partial charge in [0.1, 0.15) is 5.82 Å². The van der Waals surface area contributed by atoms with Gasteiger partial charge < -0.3 is 15.4 Å². The van der Waals surface area contributed by atoms with Crippen LogP contribution in [-0.2, 0) is 10.2 Å². The summed E-state index contributed by atoms with van der Waals surface area (Å²) in [6.45, 7) is 8.55. The zero-order valence-corrected chi connectivity index (χ0v) is 12.9. The van der Waals surface area contributed by atoms with E-state index in [9.17, 15) is 0 Å². The van der Waals surface area contributed by atoms with Gasteiger partial charge in [0.25, 0.3) is 0 Å². The molecule has 0 aliphatic heterocycles. The fourth-order valence-electron chi connectivity index (χ4n) is 1.81. The number of rotatable bonds is 7. The number of methoxy groups -OCH3 is 1. The molecule has 0 radical (unpaired) electrons. The Morgan fingerprint density at radius 2 is 2.05 bits per heavy atom. The molecule has 20 heavy (non-hydrogen) atoms. The van der Waals surface area contributed by atoms with Gasteiger partial charge in [-0.15, -0.1) is 0 Å². The lowest BCUT2D eigenvalue weighted by Crippen LogP contribution is -2.31. The van der Waals surface area contributed by atoms with Gasteiger partial charge in [-0.1, -0.05) is 26.8 Å². The number of pyridine rings is 1. The van der Waals surface area contributed by atoms with Crippen LogP contribution in [0.2, 0.25) is 0 Å². The summed E-state index contributed by atoms with van der Waals surface area (Å²) in [6.07, 6.45) is 2.45. The second kappa shape index (κ2) is 7.24. The van der Waals surface area contributed by atoms with Crippen molar-refractivity contribution < 1.29 is 4.74 Å². The van der Waals surface area contributed by atoms with Crippen molar-refractivity contribution in [1.29, 1.82) is 5.41 Å². The Hall–Kier alpha value is -1.62. The predicted molar refractivity (Wildman–Crippen MR) is 83.6 cm³/mol. The number of nitrogens with one attached hydrogen (secondary N) is 1. The molecule has 1 rings (SSSR count). The summed E-state index contributed by atoms with van der Waals surface area (Å²) >= 11 is 0. The Kier molecular flexibility index (Phi) is 5.95. The van der Waals surface area contributed by atoms with Gasteiger partial charge in [-0.3, -0.25) is 5.41 Å². The molecule has 0 aromatic carbocycles. The van der Waals surface area contributed by atoms with Crippen LogP contribution >= 0.6 is 0 Å². The molecule has 0 fully saturated rings. The molecule has 112 valence electrons. The summed E-state index contributed by atoms with van der Waals surface area (Å²) in [7, 11) is 1.68. The number of ether oxygens (including phenoxy) is 1. The van der Waals surface area contributed by atoms with Gasteiger partial charge in [0, 0.05) is 32.8 Å². The Morgan fingerprint density at radius 3 is 2.50 bits per heavy atom. The molecule has 1 aromatic rings. The lowest BCUT2D eigenvalue weighted by atomic mass is 9.88. The van der Waals surface area contributed by atoms with Gasteiger partial charge in [-0.2, -0.15) is 0 Å². The highest BCUT2D eigenvalue weighted by molar-refractivity contribution is 5.77. The van der Waals surface area contributed by atoms with Crippen molar-refractivity contribution in [1.82, 2.24) is 4.98 Å². The average Bonchev–Trinajstić information content (AvgIpc) is 2.38. The van der Waals surface area contributed by atoms with Crippen LogP contribution in [0.15, 0.2) is 18.3 Å². The highest BCUT2D eigenvalue weighted by atomic mass is 16.5. The Labute approximate surface area is 121 Å². The number of anilines is 1. The van der Waals surface area contributed by atoms with Crippen molar-refractivity contribution in [3.8, 4) is 0 Å². The molecule has 0 saturated heterocycles. The standard InChI is InChI=1S/C15H26N4O/c1-15(2,3)12-5-6-14(18-11-12)19(9-10-20-4)8-7-13(16)17/h5-6,11H,7-10H2,1-4H3,(H3,16,17). The smallest absolute Gasteiger partial charge is 0.128 e. The molecule has 0 bridgehead atoms. The van der Waals surface area contributed by atoms with E-state index in [-0.39, 0.29) is 11.3 Å². The van der Waals surface area contributed by atoms with E-state index in [1.165, 1.54) is 5.56 Å².